The van der Waals surface area contributed by atoms with Crippen LogP contribution in [0.4, 0.5) is 5.00 Å². The first kappa shape index (κ1) is 24.1. The summed E-state index contributed by atoms with van der Waals surface area (Å²) < 4.78 is 37.4. The zero-order valence-electron chi connectivity index (χ0n) is 18.0. The Hall–Kier alpha value is -2.60. The number of amides is 1. The van der Waals surface area contributed by atoms with Gasteiger partial charge in [0, 0.05) is 18.7 Å². The van der Waals surface area contributed by atoms with E-state index in [9.17, 15) is 22.8 Å². The number of nitrogens with zero attached hydrogens (tertiary/aromatic N) is 1. The number of thiophene rings is 1. The van der Waals surface area contributed by atoms with Crippen LogP contribution in [0.2, 0.25) is 0 Å². The monoisotopic (exact) mass is 480 g/mol. The van der Waals surface area contributed by atoms with Crippen LogP contribution in [0, 0.1) is 6.92 Å². The molecule has 1 aromatic carbocycles. The molecule has 0 radical (unpaired) electrons. The third kappa shape index (κ3) is 4.90. The summed E-state index contributed by atoms with van der Waals surface area (Å²) in [6.45, 7) is 5.89. The van der Waals surface area contributed by atoms with Gasteiger partial charge in [0.1, 0.15) is 5.00 Å². The van der Waals surface area contributed by atoms with E-state index in [2.05, 4.69) is 5.32 Å². The van der Waals surface area contributed by atoms with Crippen molar-refractivity contribution in [3.8, 4) is 0 Å². The number of carbonyl (C=O) groups is 3. The summed E-state index contributed by atoms with van der Waals surface area (Å²) in [4.78, 5) is 37.6. The summed E-state index contributed by atoms with van der Waals surface area (Å²) in [5.74, 6) is -1.49. The molecule has 1 fully saturated rings. The minimum atomic E-state index is -3.78. The summed E-state index contributed by atoms with van der Waals surface area (Å²) in [7, 11) is -3.78. The van der Waals surface area contributed by atoms with Gasteiger partial charge in [-0.2, -0.15) is 4.31 Å². The van der Waals surface area contributed by atoms with E-state index < -0.39 is 21.9 Å². The molecule has 0 spiro atoms. The second kappa shape index (κ2) is 9.90. The predicted octanol–water partition coefficient (Wildman–Crippen LogP) is 2.71. The summed E-state index contributed by atoms with van der Waals surface area (Å²) >= 11 is 0.981. The van der Waals surface area contributed by atoms with Gasteiger partial charge in [0.25, 0.3) is 5.91 Å². The van der Waals surface area contributed by atoms with Crippen LogP contribution in [0.1, 0.15) is 49.8 Å². The van der Waals surface area contributed by atoms with Gasteiger partial charge in [-0.1, -0.05) is 6.07 Å². The van der Waals surface area contributed by atoms with E-state index in [-0.39, 0.29) is 46.5 Å². The maximum atomic E-state index is 12.9. The zero-order chi connectivity index (χ0) is 23.5. The van der Waals surface area contributed by atoms with E-state index in [0.717, 1.165) is 11.3 Å². The normalized spacial score (nSPS) is 14.7. The Balaban J connectivity index is 1.91. The highest BCUT2D eigenvalue weighted by Crippen LogP contribution is 2.34. The van der Waals surface area contributed by atoms with Gasteiger partial charge in [-0.25, -0.2) is 13.2 Å². The number of ether oxygens (including phenoxy) is 2. The van der Waals surface area contributed by atoms with Gasteiger partial charge in [0.15, 0.2) is 5.78 Å². The van der Waals surface area contributed by atoms with E-state index in [1.165, 1.54) is 35.5 Å². The highest BCUT2D eigenvalue weighted by molar-refractivity contribution is 7.89. The van der Waals surface area contributed by atoms with Crippen molar-refractivity contribution in [2.45, 2.75) is 25.7 Å². The number of hydrogen-bond acceptors (Lipinski definition) is 8. The molecule has 3 rings (SSSR count). The minimum Gasteiger partial charge on any atom is -0.462 e. The fraction of sp³-hybridized carbons (Fsp3) is 0.381. The molecule has 0 unspecified atom stereocenters. The molecule has 0 atom stereocenters. The molecule has 0 bridgehead atoms. The lowest BCUT2D eigenvalue weighted by molar-refractivity contribution is 0.0527. The Morgan fingerprint density at radius 1 is 1.22 bits per heavy atom. The summed E-state index contributed by atoms with van der Waals surface area (Å²) in [6, 6.07) is 5.67. The maximum Gasteiger partial charge on any atom is 0.341 e. The first-order valence-electron chi connectivity index (χ1n) is 9.97. The molecule has 1 N–H and O–H groups in total. The van der Waals surface area contributed by atoms with Crippen molar-refractivity contribution in [1.82, 2.24) is 4.31 Å². The molecule has 32 heavy (non-hydrogen) atoms. The lowest BCUT2D eigenvalue weighted by Gasteiger charge is -2.26. The lowest BCUT2D eigenvalue weighted by Crippen LogP contribution is -2.40. The summed E-state index contributed by atoms with van der Waals surface area (Å²) in [5, 5.41) is 2.82. The average Bonchev–Trinajstić information content (AvgIpc) is 3.10. The van der Waals surface area contributed by atoms with Crippen molar-refractivity contribution in [3.05, 3.63) is 45.8 Å². The van der Waals surface area contributed by atoms with Crippen molar-refractivity contribution in [1.29, 1.82) is 0 Å². The number of sulfonamides is 1. The quantitative estimate of drug-likeness (QED) is 0.478. The van der Waals surface area contributed by atoms with Crippen molar-refractivity contribution in [2.75, 3.05) is 38.2 Å². The molecule has 1 aromatic heterocycles. The fourth-order valence-corrected chi connectivity index (χ4v) is 5.84. The number of anilines is 1. The Kier molecular flexibility index (Phi) is 7.44. The molecular formula is C21H24N2O7S2. The number of carbonyl (C=O) groups excluding carboxylic acids is 3. The van der Waals surface area contributed by atoms with Gasteiger partial charge >= 0.3 is 5.97 Å². The lowest BCUT2D eigenvalue weighted by atomic mass is 10.1. The SMILES string of the molecule is CCOC(=O)c1c(NC(=O)c2cccc(S(=O)(=O)N3CCOCC3)c2)sc(C(C)=O)c1C. The number of ketones is 1. The molecule has 172 valence electrons. The van der Waals surface area contributed by atoms with Gasteiger partial charge in [-0.05, 0) is 44.5 Å². The van der Waals surface area contributed by atoms with E-state index in [4.69, 9.17) is 9.47 Å². The third-order valence-electron chi connectivity index (χ3n) is 4.88. The van der Waals surface area contributed by atoms with E-state index in [0.29, 0.717) is 23.7 Å². The van der Waals surface area contributed by atoms with Crippen molar-refractivity contribution >= 4 is 44.0 Å². The zero-order valence-corrected chi connectivity index (χ0v) is 19.6. The Bertz CT molecular complexity index is 1150. The average molecular weight is 481 g/mol. The predicted molar refractivity (Wildman–Crippen MR) is 119 cm³/mol. The molecule has 0 aliphatic carbocycles. The van der Waals surface area contributed by atoms with Crippen LogP contribution in [0.3, 0.4) is 0 Å². The number of esters is 1. The summed E-state index contributed by atoms with van der Waals surface area (Å²) in [5.41, 5.74) is 0.650. The molecule has 2 aromatic rings. The van der Waals surface area contributed by atoms with Crippen molar-refractivity contribution < 1.29 is 32.3 Å². The van der Waals surface area contributed by atoms with Crippen molar-refractivity contribution in [2.24, 2.45) is 0 Å². The van der Waals surface area contributed by atoms with Gasteiger partial charge < -0.3 is 14.8 Å². The number of nitrogens with one attached hydrogen (secondary N) is 1. The van der Waals surface area contributed by atoms with E-state index in [1.54, 1.807) is 13.8 Å². The van der Waals surface area contributed by atoms with E-state index in [1.807, 2.05) is 0 Å². The number of hydrogen-bond donors (Lipinski definition) is 1. The minimum absolute atomic E-state index is 0.00977. The molecular weight excluding hydrogens is 456 g/mol. The van der Waals surface area contributed by atoms with Gasteiger partial charge in [-0.3, -0.25) is 9.59 Å². The smallest absolute Gasteiger partial charge is 0.341 e. The van der Waals surface area contributed by atoms with E-state index >= 15 is 0 Å². The number of rotatable bonds is 7. The number of benzene rings is 1. The fourth-order valence-electron chi connectivity index (χ4n) is 3.30. The maximum absolute atomic E-state index is 12.9. The second-order valence-electron chi connectivity index (χ2n) is 7.04. The van der Waals surface area contributed by atoms with Gasteiger partial charge in [0.05, 0.1) is 35.2 Å². The molecule has 9 nitrogen and oxygen atoms in total. The molecule has 0 saturated carbocycles. The molecule has 11 heteroatoms. The van der Waals surface area contributed by atoms with Gasteiger partial charge in [-0.15, -0.1) is 11.3 Å². The topological polar surface area (TPSA) is 119 Å². The standard InChI is InChI=1S/C21H24N2O7S2/c1-4-30-21(26)17-13(2)18(14(3)24)31-20(17)22-19(25)15-6-5-7-16(12-15)32(27,28)23-8-10-29-11-9-23/h5-7,12H,4,8-11H2,1-3H3,(H,22,25). The largest absolute Gasteiger partial charge is 0.462 e. The highest BCUT2D eigenvalue weighted by Gasteiger charge is 2.28. The van der Waals surface area contributed by atoms with Crippen LogP contribution in [0.15, 0.2) is 29.2 Å². The van der Waals surface area contributed by atoms with Crippen LogP contribution in [-0.2, 0) is 19.5 Å². The highest BCUT2D eigenvalue weighted by atomic mass is 32.2. The summed E-state index contributed by atoms with van der Waals surface area (Å²) in [6.07, 6.45) is 0. The Morgan fingerprint density at radius 2 is 1.91 bits per heavy atom. The second-order valence-corrected chi connectivity index (χ2v) is 9.99. The van der Waals surface area contributed by atoms with Crippen LogP contribution in [0.25, 0.3) is 0 Å². The van der Waals surface area contributed by atoms with Crippen LogP contribution in [-0.4, -0.2) is 63.3 Å². The Morgan fingerprint density at radius 3 is 2.53 bits per heavy atom. The van der Waals surface area contributed by atoms with Crippen LogP contribution in [0.5, 0.6) is 0 Å². The van der Waals surface area contributed by atoms with Gasteiger partial charge in [0.2, 0.25) is 10.0 Å². The molecule has 1 amide bonds. The Labute approximate surface area is 190 Å². The number of Topliss-reactive ketones (excluding diaryl/α,β-unsaturated/α-hetero) is 1. The first-order chi connectivity index (χ1) is 15.2. The molecule has 1 aliphatic rings. The first-order valence-corrected chi connectivity index (χ1v) is 12.2. The van der Waals surface area contributed by atoms with Crippen LogP contribution < -0.4 is 5.32 Å². The molecule has 2 heterocycles. The third-order valence-corrected chi connectivity index (χ3v) is 8.08. The van der Waals surface area contributed by atoms with Crippen molar-refractivity contribution in [3.63, 3.8) is 0 Å². The molecule has 1 saturated heterocycles. The van der Waals surface area contributed by atoms with Crippen LogP contribution >= 0.6 is 11.3 Å². The number of morpholine rings is 1. The molecule has 1 aliphatic heterocycles.